The number of carbonyl (C=O) groups excluding carboxylic acids is 1. The molecule has 0 aliphatic heterocycles. The minimum atomic E-state index is -0.368. The third-order valence-electron chi connectivity index (χ3n) is 5.46. The molecule has 0 unspecified atom stereocenters. The summed E-state index contributed by atoms with van der Waals surface area (Å²) in [6.45, 7) is 1.87. The van der Waals surface area contributed by atoms with Gasteiger partial charge in [-0.2, -0.15) is 5.10 Å². The van der Waals surface area contributed by atoms with Crippen molar-refractivity contribution in [3.05, 3.63) is 76.9 Å². The molecule has 4 rings (SSSR count). The first-order valence-electron chi connectivity index (χ1n) is 9.92. The summed E-state index contributed by atoms with van der Waals surface area (Å²) in [6.07, 6.45) is 0.907. The topological polar surface area (TPSA) is 69.2 Å². The Hall–Kier alpha value is -3.80. The Kier molecular flexibility index (Phi) is 5.62. The molecule has 1 amide bonds. The molecule has 0 saturated heterocycles. The first kappa shape index (κ1) is 20.5. The second-order valence-electron chi connectivity index (χ2n) is 7.26. The summed E-state index contributed by atoms with van der Waals surface area (Å²) in [4.78, 5) is 12.7. The number of amides is 1. The molecule has 6 heteroatoms. The van der Waals surface area contributed by atoms with Crippen LogP contribution < -0.4 is 19.6 Å². The number of methoxy groups -OCH3 is 3. The number of nitrogens with one attached hydrogen (secondary N) is 1. The number of hydrogen-bond donors (Lipinski definition) is 1. The lowest BCUT2D eigenvalue weighted by Gasteiger charge is -2.13. The number of benzene rings is 3. The smallest absolute Gasteiger partial charge is 0.271 e. The van der Waals surface area contributed by atoms with E-state index < -0.39 is 0 Å². The standard InChI is InChI=1S/C25H24N2O4/c1-15(16-9-10-21-18(11-16)12-17-7-5-6-8-20(17)21)26-27-25(28)19-13-22(29-2)24(31-4)23(14-19)30-3/h5-11,13-14H,12H2,1-4H3,(H,27,28)/b26-15-. The molecule has 0 bridgehead atoms. The predicted molar refractivity (Wildman–Crippen MR) is 120 cm³/mol. The highest BCUT2D eigenvalue weighted by Gasteiger charge is 2.19. The van der Waals surface area contributed by atoms with E-state index in [0.717, 1.165) is 17.7 Å². The van der Waals surface area contributed by atoms with Gasteiger partial charge < -0.3 is 14.2 Å². The van der Waals surface area contributed by atoms with Crippen LogP contribution in [0.25, 0.3) is 11.1 Å². The Morgan fingerprint density at radius 2 is 1.52 bits per heavy atom. The van der Waals surface area contributed by atoms with Crippen LogP contribution in [0.1, 0.15) is 34.0 Å². The third kappa shape index (κ3) is 3.84. The van der Waals surface area contributed by atoms with Crippen LogP contribution >= 0.6 is 0 Å². The van der Waals surface area contributed by atoms with Crippen LogP contribution in [0.5, 0.6) is 17.2 Å². The van der Waals surface area contributed by atoms with Crippen molar-refractivity contribution in [2.75, 3.05) is 21.3 Å². The molecule has 0 radical (unpaired) electrons. The van der Waals surface area contributed by atoms with E-state index in [-0.39, 0.29) is 5.91 Å². The maximum absolute atomic E-state index is 12.7. The average molecular weight is 416 g/mol. The van der Waals surface area contributed by atoms with Gasteiger partial charge in [-0.3, -0.25) is 4.79 Å². The van der Waals surface area contributed by atoms with E-state index in [9.17, 15) is 4.79 Å². The van der Waals surface area contributed by atoms with E-state index in [1.165, 1.54) is 43.6 Å². The molecule has 1 aliphatic rings. The van der Waals surface area contributed by atoms with Gasteiger partial charge in [0.05, 0.1) is 27.0 Å². The Labute approximate surface area is 181 Å². The number of ether oxygens (including phenoxy) is 3. The van der Waals surface area contributed by atoms with Crippen molar-refractivity contribution in [2.24, 2.45) is 5.10 Å². The first-order valence-corrected chi connectivity index (χ1v) is 9.92. The SMILES string of the molecule is COc1cc(C(=O)N/N=C(/C)c2ccc3c(c2)Cc2ccccc2-3)cc(OC)c1OC. The summed E-state index contributed by atoms with van der Waals surface area (Å²) in [7, 11) is 4.53. The zero-order chi connectivity index (χ0) is 22.0. The van der Waals surface area contributed by atoms with Gasteiger partial charge in [-0.15, -0.1) is 0 Å². The molecule has 6 nitrogen and oxygen atoms in total. The van der Waals surface area contributed by atoms with Gasteiger partial charge in [0.25, 0.3) is 5.91 Å². The fourth-order valence-corrected chi connectivity index (χ4v) is 3.85. The average Bonchev–Trinajstić information content (AvgIpc) is 3.18. The predicted octanol–water partition coefficient (Wildman–Crippen LogP) is 4.44. The van der Waals surface area contributed by atoms with E-state index in [2.05, 4.69) is 46.9 Å². The molecule has 158 valence electrons. The van der Waals surface area contributed by atoms with Crippen molar-refractivity contribution in [3.8, 4) is 28.4 Å². The van der Waals surface area contributed by atoms with Crippen molar-refractivity contribution in [2.45, 2.75) is 13.3 Å². The molecule has 0 spiro atoms. The van der Waals surface area contributed by atoms with Gasteiger partial charge >= 0.3 is 0 Å². The van der Waals surface area contributed by atoms with Crippen molar-refractivity contribution in [1.82, 2.24) is 5.43 Å². The highest BCUT2D eigenvalue weighted by Crippen LogP contribution is 2.38. The lowest BCUT2D eigenvalue weighted by Crippen LogP contribution is -2.19. The number of hydrazone groups is 1. The summed E-state index contributed by atoms with van der Waals surface area (Å²) in [6, 6.07) is 17.9. The highest BCUT2D eigenvalue weighted by molar-refractivity contribution is 6.02. The van der Waals surface area contributed by atoms with Gasteiger partial charge in [-0.25, -0.2) is 5.43 Å². The van der Waals surface area contributed by atoms with Gasteiger partial charge in [-0.1, -0.05) is 36.4 Å². The monoisotopic (exact) mass is 416 g/mol. The van der Waals surface area contributed by atoms with Gasteiger partial charge in [0, 0.05) is 5.56 Å². The van der Waals surface area contributed by atoms with Crippen LogP contribution in [0.4, 0.5) is 0 Å². The zero-order valence-electron chi connectivity index (χ0n) is 18.0. The summed E-state index contributed by atoms with van der Waals surface area (Å²) >= 11 is 0. The van der Waals surface area contributed by atoms with Crippen LogP contribution in [-0.4, -0.2) is 32.9 Å². The molecule has 0 saturated carbocycles. The molecule has 3 aromatic carbocycles. The third-order valence-corrected chi connectivity index (χ3v) is 5.46. The zero-order valence-corrected chi connectivity index (χ0v) is 18.0. The van der Waals surface area contributed by atoms with E-state index in [4.69, 9.17) is 14.2 Å². The Morgan fingerprint density at radius 1 is 0.839 bits per heavy atom. The minimum absolute atomic E-state index is 0.357. The van der Waals surface area contributed by atoms with Crippen molar-refractivity contribution >= 4 is 11.6 Å². The molecule has 1 aliphatic carbocycles. The maximum atomic E-state index is 12.7. The number of hydrogen-bond acceptors (Lipinski definition) is 5. The molecule has 0 aromatic heterocycles. The highest BCUT2D eigenvalue weighted by atomic mass is 16.5. The largest absolute Gasteiger partial charge is 0.493 e. The van der Waals surface area contributed by atoms with Crippen LogP contribution in [0, 0.1) is 0 Å². The molecule has 0 heterocycles. The van der Waals surface area contributed by atoms with E-state index in [0.29, 0.717) is 22.8 Å². The molecular weight excluding hydrogens is 392 g/mol. The summed E-state index contributed by atoms with van der Waals surface area (Å²) < 4.78 is 15.9. The minimum Gasteiger partial charge on any atom is -0.493 e. The summed E-state index contributed by atoms with van der Waals surface area (Å²) in [5.74, 6) is 0.879. The van der Waals surface area contributed by atoms with Gasteiger partial charge in [0.2, 0.25) is 5.75 Å². The van der Waals surface area contributed by atoms with E-state index in [1.54, 1.807) is 12.1 Å². The van der Waals surface area contributed by atoms with Crippen molar-refractivity contribution in [3.63, 3.8) is 0 Å². The van der Waals surface area contributed by atoms with Crippen LogP contribution in [0.3, 0.4) is 0 Å². The first-order chi connectivity index (χ1) is 15.0. The molecular formula is C25H24N2O4. The Balaban J connectivity index is 1.54. The quantitative estimate of drug-likeness (QED) is 0.373. The fraction of sp³-hybridized carbons (Fsp3) is 0.200. The number of fused-ring (bicyclic) bond motifs is 3. The van der Waals surface area contributed by atoms with Crippen LogP contribution in [0.2, 0.25) is 0 Å². The van der Waals surface area contributed by atoms with Gasteiger partial charge in [-0.05, 0) is 59.4 Å². The summed E-state index contributed by atoms with van der Waals surface area (Å²) in [5.41, 5.74) is 9.81. The van der Waals surface area contributed by atoms with Crippen molar-refractivity contribution in [1.29, 1.82) is 0 Å². The normalized spacial score (nSPS) is 12.1. The van der Waals surface area contributed by atoms with E-state index >= 15 is 0 Å². The number of nitrogens with zero attached hydrogens (tertiary/aromatic N) is 1. The maximum Gasteiger partial charge on any atom is 0.271 e. The molecule has 3 aromatic rings. The summed E-state index contributed by atoms with van der Waals surface area (Å²) in [5, 5.41) is 4.30. The lowest BCUT2D eigenvalue weighted by molar-refractivity contribution is 0.0954. The van der Waals surface area contributed by atoms with Gasteiger partial charge in [0.15, 0.2) is 11.5 Å². The molecule has 0 fully saturated rings. The Morgan fingerprint density at radius 3 is 2.19 bits per heavy atom. The lowest BCUT2D eigenvalue weighted by atomic mass is 10.0. The van der Waals surface area contributed by atoms with Gasteiger partial charge in [0.1, 0.15) is 0 Å². The van der Waals surface area contributed by atoms with Crippen molar-refractivity contribution < 1.29 is 19.0 Å². The molecule has 31 heavy (non-hydrogen) atoms. The second-order valence-corrected chi connectivity index (χ2v) is 7.26. The van der Waals surface area contributed by atoms with E-state index in [1.807, 2.05) is 13.0 Å². The molecule has 1 N–H and O–H groups in total. The fourth-order valence-electron chi connectivity index (χ4n) is 3.85. The molecule has 0 atom stereocenters. The van der Waals surface area contributed by atoms with Crippen LogP contribution in [0.15, 0.2) is 59.7 Å². The number of carbonyl (C=O) groups is 1. The van der Waals surface area contributed by atoms with Crippen LogP contribution in [-0.2, 0) is 6.42 Å². The number of rotatable bonds is 6. The second kappa shape index (κ2) is 8.52. The Bertz CT molecular complexity index is 1160.